The molecular weight excluding hydrogens is 447 g/mol. The number of hydrogen-bond donors (Lipinski definition) is 2. The van der Waals surface area contributed by atoms with Gasteiger partial charge in [-0.15, -0.1) is 0 Å². The van der Waals surface area contributed by atoms with Crippen molar-refractivity contribution in [3.63, 3.8) is 0 Å². The lowest BCUT2D eigenvalue weighted by Gasteiger charge is -2.20. The van der Waals surface area contributed by atoms with Crippen molar-refractivity contribution in [1.29, 1.82) is 0 Å². The Bertz CT molecular complexity index is 1160. The lowest BCUT2D eigenvalue weighted by atomic mass is 9.94. The van der Waals surface area contributed by atoms with Crippen molar-refractivity contribution in [2.75, 3.05) is 38.7 Å². The molecule has 2 atom stereocenters. The molecule has 0 radical (unpaired) electrons. The van der Waals surface area contributed by atoms with E-state index in [0.29, 0.717) is 37.4 Å². The van der Waals surface area contributed by atoms with Gasteiger partial charge in [0, 0.05) is 45.3 Å². The maximum atomic E-state index is 15.1. The van der Waals surface area contributed by atoms with E-state index in [-0.39, 0.29) is 17.4 Å². The highest BCUT2D eigenvalue weighted by molar-refractivity contribution is 5.89. The smallest absolute Gasteiger partial charge is 0.320 e. The molecule has 0 bridgehead atoms. The van der Waals surface area contributed by atoms with Gasteiger partial charge in [0.25, 0.3) is 0 Å². The highest BCUT2D eigenvalue weighted by Crippen LogP contribution is 2.30. The van der Waals surface area contributed by atoms with Crippen molar-refractivity contribution < 1.29 is 22.7 Å². The van der Waals surface area contributed by atoms with Gasteiger partial charge in [-0.3, -0.25) is 10.2 Å². The summed E-state index contributed by atoms with van der Waals surface area (Å²) < 4.78 is 48.8. The Morgan fingerprint density at radius 3 is 2.59 bits per heavy atom. The summed E-state index contributed by atoms with van der Waals surface area (Å²) in [5.41, 5.74) is 1.29. The summed E-state index contributed by atoms with van der Waals surface area (Å²) in [5, 5.41) is 9.60. The van der Waals surface area contributed by atoms with Crippen molar-refractivity contribution in [1.82, 2.24) is 20.0 Å². The molecule has 10 heteroatoms. The molecule has 3 aromatic rings. The first-order valence-corrected chi connectivity index (χ1v) is 10.9. The number of nitrogens with one attached hydrogen (secondary N) is 2. The molecule has 0 saturated carbocycles. The van der Waals surface area contributed by atoms with Gasteiger partial charge in [0.2, 0.25) is 0 Å². The number of amides is 2. The summed E-state index contributed by atoms with van der Waals surface area (Å²) >= 11 is 0. The summed E-state index contributed by atoms with van der Waals surface area (Å²) in [4.78, 5) is 14.9. The molecule has 2 amide bonds. The average Bonchev–Trinajstić information content (AvgIpc) is 3.35. The number of halogens is 3. The third-order valence-electron chi connectivity index (χ3n) is 5.96. The van der Waals surface area contributed by atoms with Gasteiger partial charge in [0.05, 0.1) is 12.6 Å². The van der Waals surface area contributed by atoms with Crippen LogP contribution in [-0.4, -0.2) is 60.1 Å². The van der Waals surface area contributed by atoms with Gasteiger partial charge >= 0.3 is 6.03 Å². The van der Waals surface area contributed by atoms with E-state index in [4.69, 9.17) is 4.74 Å². The lowest BCUT2D eigenvalue weighted by Crippen LogP contribution is -2.42. The fraction of sp³-hybridized carbons (Fsp3) is 0.333. The van der Waals surface area contributed by atoms with Crippen LogP contribution < -0.4 is 10.6 Å². The number of ether oxygens (including phenoxy) is 1. The molecule has 1 aromatic heterocycles. The van der Waals surface area contributed by atoms with Crippen molar-refractivity contribution >= 4 is 11.8 Å². The van der Waals surface area contributed by atoms with Crippen LogP contribution >= 0.6 is 0 Å². The Balaban J connectivity index is 1.51. The summed E-state index contributed by atoms with van der Waals surface area (Å²) in [7, 11) is 3.13. The minimum absolute atomic E-state index is 0.0741. The van der Waals surface area contributed by atoms with Crippen LogP contribution in [0.1, 0.15) is 11.5 Å². The molecule has 7 nitrogen and oxygen atoms in total. The predicted molar refractivity (Wildman–Crippen MR) is 122 cm³/mol. The average molecular weight is 473 g/mol. The molecule has 1 aliphatic heterocycles. The molecule has 1 aliphatic rings. The molecule has 2 heterocycles. The van der Waals surface area contributed by atoms with Crippen LogP contribution in [0, 0.1) is 17.5 Å². The largest absolute Gasteiger partial charge is 0.383 e. The van der Waals surface area contributed by atoms with Gasteiger partial charge in [0.15, 0.2) is 23.3 Å². The van der Waals surface area contributed by atoms with Gasteiger partial charge in [0.1, 0.15) is 5.69 Å². The van der Waals surface area contributed by atoms with Crippen LogP contribution in [0.4, 0.5) is 23.8 Å². The maximum absolute atomic E-state index is 15.1. The summed E-state index contributed by atoms with van der Waals surface area (Å²) in [6.07, 6.45) is 0. The second kappa shape index (κ2) is 10.3. The Labute approximate surface area is 195 Å². The molecule has 0 spiro atoms. The fourth-order valence-electron chi connectivity index (χ4n) is 4.24. The first-order valence-electron chi connectivity index (χ1n) is 10.9. The molecular formula is C24H26F3N5O2. The molecule has 1 saturated heterocycles. The SMILES string of the molecule is COCCN1CC(NC(=O)Nc2c(F)c(-c3ccccc3)nn2C)[C@H](c2ccc(F)c(F)c2)C1. The van der Waals surface area contributed by atoms with Gasteiger partial charge in [-0.1, -0.05) is 36.4 Å². The first kappa shape index (κ1) is 23.8. The van der Waals surface area contributed by atoms with Gasteiger partial charge < -0.3 is 10.1 Å². The molecule has 1 unspecified atom stereocenters. The van der Waals surface area contributed by atoms with Crippen LogP contribution in [0.25, 0.3) is 11.3 Å². The number of benzene rings is 2. The second-order valence-corrected chi connectivity index (χ2v) is 8.24. The third kappa shape index (κ3) is 5.07. The number of aryl methyl sites for hydroxylation is 1. The molecule has 34 heavy (non-hydrogen) atoms. The van der Waals surface area contributed by atoms with E-state index in [2.05, 4.69) is 20.6 Å². The zero-order valence-electron chi connectivity index (χ0n) is 18.9. The fourth-order valence-corrected chi connectivity index (χ4v) is 4.24. The van der Waals surface area contributed by atoms with Gasteiger partial charge in [-0.2, -0.15) is 5.10 Å². The Kier molecular flexibility index (Phi) is 7.18. The number of carbonyl (C=O) groups is 1. The molecule has 180 valence electrons. The molecule has 1 fully saturated rings. The Hall–Kier alpha value is -3.37. The van der Waals surface area contributed by atoms with E-state index in [1.165, 1.54) is 17.8 Å². The number of hydrogen-bond acceptors (Lipinski definition) is 4. The van der Waals surface area contributed by atoms with E-state index in [9.17, 15) is 13.6 Å². The number of likely N-dealkylation sites (tertiary alicyclic amines) is 1. The predicted octanol–water partition coefficient (Wildman–Crippen LogP) is 3.74. The van der Waals surface area contributed by atoms with Crippen molar-refractivity contribution in [3.05, 3.63) is 71.5 Å². The van der Waals surface area contributed by atoms with Gasteiger partial charge in [-0.25, -0.2) is 22.6 Å². The van der Waals surface area contributed by atoms with E-state index in [0.717, 1.165) is 12.1 Å². The molecule has 4 rings (SSSR count). The minimum atomic E-state index is -0.943. The zero-order chi connectivity index (χ0) is 24.2. The summed E-state index contributed by atoms with van der Waals surface area (Å²) in [5.74, 6) is -2.87. The number of carbonyl (C=O) groups excluding carboxylic acids is 1. The van der Waals surface area contributed by atoms with Crippen molar-refractivity contribution in [2.24, 2.45) is 7.05 Å². The zero-order valence-corrected chi connectivity index (χ0v) is 18.9. The number of urea groups is 1. The summed E-state index contributed by atoms with van der Waals surface area (Å²) in [6.45, 7) is 2.11. The number of methoxy groups -OCH3 is 1. The van der Waals surface area contributed by atoms with E-state index in [1.807, 2.05) is 6.07 Å². The van der Waals surface area contributed by atoms with Crippen molar-refractivity contribution in [3.8, 4) is 11.3 Å². The van der Waals surface area contributed by atoms with Gasteiger partial charge in [-0.05, 0) is 17.7 Å². The molecule has 0 aliphatic carbocycles. The number of anilines is 1. The van der Waals surface area contributed by atoms with Crippen LogP contribution in [0.5, 0.6) is 0 Å². The Morgan fingerprint density at radius 1 is 1.12 bits per heavy atom. The highest BCUT2D eigenvalue weighted by Gasteiger charge is 2.35. The molecule has 2 N–H and O–H groups in total. The van der Waals surface area contributed by atoms with Crippen LogP contribution in [0.15, 0.2) is 48.5 Å². The van der Waals surface area contributed by atoms with Crippen LogP contribution in [0.3, 0.4) is 0 Å². The maximum Gasteiger partial charge on any atom is 0.320 e. The normalized spacial score (nSPS) is 18.3. The van der Waals surface area contributed by atoms with Crippen LogP contribution in [-0.2, 0) is 11.8 Å². The topological polar surface area (TPSA) is 71.4 Å². The number of aromatic nitrogens is 2. The minimum Gasteiger partial charge on any atom is -0.383 e. The van der Waals surface area contributed by atoms with Crippen molar-refractivity contribution in [2.45, 2.75) is 12.0 Å². The number of nitrogens with zero attached hydrogens (tertiary/aromatic N) is 3. The van der Waals surface area contributed by atoms with E-state index >= 15 is 4.39 Å². The summed E-state index contributed by atoms with van der Waals surface area (Å²) in [6, 6.07) is 11.5. The number of rotatable bonds is 7. The standard InChI is InChI=1S/C24H26F3N5O2/c1-31-23(21(27)22(30-31)15-6-4-3-5-7-15)29-24(33)28-20-14-32(10-11-34-2)13-17(20)16-8-9-18(25)19(26)12-16/h3-9,12,17,20H,10-11,13-14H2,1-2H3,(H2,28,29,33)/t17-,20?/m0/s1. The lowest BCUT2D eigenvalue weighted by molar-refractivity contribution is 0.159. The van der Waals surface area contributed by atoms with E-state index in [1.54, 1.807) is 31.4 Å². The quantitative estimate of drug-likeness (QED) is 0.549. The Morgan fingerprint density at radius 2 is 1.88 bits per heavy atom. The third-order valence-corrected chi connectivity index (χ3v) is 5.96. The monoisotopic (exact) mass is 473 g/mol. The van der Waals surface area contributed by atoms with E-state index < -0.39 is 29.5 Å². The van der Waals surface area contributed by atoms with Crippen LogP contribution in [0.2, 0.25) is 0 Å². The first-order chi connectivity index (χ1) is 16.4. The molecule has 2 aromatic carbocycles. The highest BCUT2D eigenvalue weighted by atomic mass is 19.2. The second-order valence-electron chi connectivity index (χ2n) is 8.24.